The van der Waals surface area contributed by atoms with E-state index in [1.54, 1.807) is 0 Å². The number of nitrogens with one attached hydrogen (secondary N) is 1. The van der Waals surface area contributed by atoms with Gasteiger partial charge in [0.05, 0.1) is 0 Å². The average Bonchev–Trinajstić information content (AvgIpc) is 2.29. The van der Waals surface area contributed by atoms with Crippen LogP contribution in [0.2, 0.25) is 0 Å². The summed E-state index contributed by atoms with van der Waals surface area (Å²) in [6, 6.07) is 1.81. The van der Waals surface area contributed by atoms with E-state index in [0.717, 1.165) is 32.0 Å². The molecule has 7 nitrogen and oxygen atoms in total. The molecule has 0 unspecified atom stereocenters. The zero-order valence-electron chi connectivity index (χ0n) is 9.35. The molecule has 1 aromatic rings. The number of piperazine rings is 1. The number of nitrogens with two attached hydrogens (primary N) is 2. The van der Waals surface area contributed by atoms with Crippen LogP contribution >= 0.6 is 0 Å². The number of rotatable bonds is 2. The normalized spacial score (nSPS) is 17.5. The number of likely N-dealkylation sites (N-methyl/N-ethyl adjacent to an activating group) is 1. The molecule has 16 heavy (non-hydrogen) atoms. The summed E-state index contributed by atoms with van der Waals surface area (Å²) in [5.41, 5.74) is 8.10. The van der Waals surface area contributed by atoms with Gasteiger partial charge >= 0.3 is 0 Å². The monoisotopic (exact) mass is 223 g/mol. The maximum absolute atomic E-state index is 5.61. The molecular weight excluding hydrogens is 206 g/mol. The SMILES string of the molecule is CN1CCN(c2cc(NN)nc(N)n2)CC1. The summed E-state index contributed by atoms with van der Waals surface area (Å²) in [5.74, 6) is 6.93. The minimum atomic E-state index is 0.240. The zero-order valence-corrected chi connectivity index (χ0v) is 9.35. The molecular formula is C9H17N7. The van der Waals surface area contributed by atoms with Crippen molar-refractivity contribution >= 4 is 17.6 Å². The topological polar surface area (TPSA) is 96.3 Å². The van der Waals surface area contributed by atoms with E-state index in [-0.39, 0.29) is 5.95 Å². The van der Waals surface area contributed by atoms with Crippen LogP contribution in [0.25, 0.3) is 0 Å². The molecule has 1 fully saturated rings. The summed E-state index contributed by atoms with van der Waals surface area (Å²) >= 11 is 0. The van der Waals surface area contributed by atoms with Crippen LogP contribution < -0.4 is 21.9 Å². The summed E-state index contributed by atoms with van der Waals surface area (Å²) in [6.07, 6.45) is 0. The second-order valence-corrected chi connectivity index (χ2v) is 3.90. The van der Waals surface area contributed by atoms with Crippen molar-refractivity contribution in [2.75, 3.05) is 49.3 Å². The molecule has 2 heterocycles. The third-order valence-electron chi connectivity index (χ3n) is 2.71. The first-order valence-electron chi connectivity index (χ1n) is 5.23. The fraction of sp³-hybridized carbons (Fsp3) is 0.556. The molecule has 0 bridgehead atoms. The van der Waals surface area contributed by atoms with Gasteiger partial charge < -0.3 is 21.0 Å². The quantitative estimate of drug-likeness (QED) is 0.441. The summed E-state index contributed by atoms with van der Waals surface area (Å²) in [6.45, 7) is 3.93. The van der Waals surface area contributed by atoms with Crippen molar-refractivity contribution in [3.05, 3.63) is 6.07 Å². The predicted molar refractivity (Wildman–Crippen MR) is 64.0 cm³/mol. The van der Waals surface area contributed by atoms with Crippen LogP contribution in [0.1, 0.15) is 0 Å². The smallest absolute Gasteiger partial charge is 0.223 e. The summed E-state index contributed by atoms with van der Waals surface area (Å²) in [5, 5.41) is 0. The minimum absolute atomic E-state index is 0.240. The van der Waals surface area contributed by atoms with Gasteiger partial charge in [-0.1, -0.05) is 0 Å². The number of hydrazine groups is 1. The van der Waals surface area contributed by atoms with Gasteiger partial charge in [-0.25, -0.2) is 5.84 Å². The van der Waals surface area contributed by atoms with Crippen LogP contribution in [0.4, 0.5) is 17.6 Å². The van der Waals surface area contributed by atoms with E-state index in [1.807, 2.05) is 6.07 Å². The molecule has 1 aliphatic heterocycles. The Hall–Kier alpha value is -1.60. The fourth-order valence-electron chi connectivity index (χ4n) is 1.72. The molecule has 0 spiro atoms. The molecule has 1 aliphatic rings. The largest absolute Gasteiger partial charge is 0.368 e. The third kappa shape index (κ3) is 2.31. The third-order valence-corrected chi connectivity index (χ3v) is 2.71. The van der Waals surface area contributed by atoms with E-state index in [1.165, 1.54) is 0 Å². The lowest BCUT2D eigenvalue weighted by molar-refractivity contribution is 0.312. The zero-order chi connectivity index (χ0) is 11.5. The van der Waals surface area contributed by atoms with E-state index < -0.39 is 0 Å². The highest BCUT2D eigenvalue weighted by atomic mass is 15.3. The van der Waals surface area contributed by atoms with Crippen molar-refractivity contribution in [1.29, 1.82) is 0 Å². The van der Waals surface area contributed by atoms with Crippen molar-refractivity contribution in [2.24, 2.45) is 5.84 Å². The lowest BCUT2D eigenvalue weighted by Crippen LogP contribution is -2.44. The lowest BCUT2D eigenvalue weighted by atomic mass is 10.3. The number of hydrogen-bond donors (Lipinski definition) is 3. The van der Waals surface area contributed by atoms with Gasteiger partial charge in [-0.15, -0.1) is 0 Å². The summed E-state index contributed by atoms with van der Waals surface area (Å²) in [7, 11) is 2.11. The Morgan fingerprint density at radius 1 is 1.25 bits per heavy atom. The lowest BCUT2D eigenvalue weighted by Gasteiger charge is -2.33. The van der Waals surface area contributed by atoms with Gasteiger partial charge in [0.15, 0.2) is 0 Å². The van der Waals surface area contributed by atoms with Gasteiger partial charge in [0, 0.05) is 32.2 Å². The number of nitrogen functional groups attached to an aromatic ring is 2. The van der Waals surface area contributed by atoms with Gasteiger partial charge in [-0.05, 0) is 7.05 Å². The maximum Gasteiger partial charge on any atom is 0.223 e. The van der Waals surface area contributed by atoms with E-state index in [9.17, 15) is 0 Å². The first-order chi connectivity index (χ1) is 7.69. The fourth-order valence-corrected chi connectivity index (χ4v) is 1.72. The van der Waals surface area contributed by atoms with Gasteiger partial charge in [0.1, 0.15) is 11.6 Å². The van der Waals surface area contributed by atoms with E-state index in [0.29, 0.717) is 5.82 Å². The standard InChI is InChI=1S/C9H17N7/c1-15-2-4-16(5-3-15)8-6-7(14-11)12-9(10)13-8/h6H,2-5,11H2,1H3,(H3,10,12,13,14). The molecule has 0 saturated carbocycles. The van der Waals surface area contributed by atoms with E-state index in [4.69, 9.17) is 11.6 Å². The minimum Gasteiger partial charge on any atom is -0.368 e. The number of nitrogens with zero attached hydrogens (tertiary/aromatic N) is 4. The van der Waals surface area contributed by atoms with E-state index in [2.05, 4.69) is 32.2 Å². The molecule has 0 radical (unpaired) electrons. The van der Waals surface area contributed by atoms with Gasteiger partial charge in [0.25, 0.3) is 0 Å². The van der Waals surface area contributed by atoms with Crippen molar-refractivity contribution in [1.82, 2.24) is 14.9 Å². The Morgan fingerprint density at radius 3 is 2.56 bits per heavy atom. The molecule has 0 aliphatic carbocycles. The summed E-state index contributed by atoms with van der Waals surface area (Å²) < 4.78 is 0. The molecule has 1 saturated heterocycles. The van der Waals surface area contributed by atoms with Gasteiger partial charge in [-0.3, -0.25) is 0 Å². The average molecular weight is 223 g/mol. The van der Waals surface area contributed by atoms with Crippen molar-refractivity contribution in [3.8, 4) is 0 Å². The first-order valence-corrected chi connectivity index (χ1v) is 5.23. The Morgan fingerprint density at radius 2 is 1.94 bits per heavy atom. The van der Waals surface area contributed by atoms with Crippen LogP contribution in [-0.4, -0.2) is 48.1 Å². The molecule has 0 aromatic carbocycles. The van der Waals surface area contributed by atoms with E-state index >= 15 is 0 Å². The predicted octanol–water partition coefficient (Wildman–Crippen LogP) is -0.904. The van der Waals surface area contributed by atoms with Crippen molar-refractivity contribution < 1.29 is 0 Å². The number of anilines is 3. The Labute approximate surface area is 94.4 Å². The van der Waals surface area contributed by atoms with Gasteiger partial charge in [0.2, 0.25) is 5.95 Å². The van der Waals surface area contributed by atoms with Crippen molar-refractivity contribution in [2.45, 2.75) is 0 Å². The second-order valence-electron chi connectivity index (χ2n) is 3.90. The second kappa shape index (κ2) is 4.50. The highest BCUT2D eigenvalue weighted by Crippen LogP contribution is 2.17. The van der Waals surface area contributed by atoms with Crippen LogP contribution in [0, 0.1) is 0 Å². The molecule has 2 rings (SSSR count). The summed E-state index contributed by atoms with van der Waals surface area (Å²) in [4.78, 5) is 12.6. The van der Waals surface area contributed by atoms with Crippen LogP contribution in [0.5, 0.6) is 0 Å². The molecule has 1 aromatic heterocycles. The van der Waals surface area contributed by atoms with Crippen LogP contribution in [-0.2, 0) is 0 Å². The molecule has 5 N–H and O–H groups in total. The molecule has 0 amide bonds. The molecule has 7 heteroatoms. The van der Waals surface area contributed by atoms with Crippen LogP contribution in [0.3, 0.4) is 0 Å². The Balaban J connectivity index is 2.16. The van der Waals surface area contributed by atoms with Gasteiger partial charge in [-0.2, -0.15) is 9.97 Å². The highest BCUT2D eigenvalue weighted by Gasteiger charge is 2.16. The molecule has 88 valence electrons. The Kier molecular flexibility index (Phi) is 3.07. The first kappa shape index (κ1) is 10.9. The molecule has 0 atom stereocenters. The number of aromatic nitrogens is 2. The van der Waals surface area contributed by atoms with Crippen molar-refractivity contribution in [3.63, 3.8) is 0 Å². The number of hydrogen-bond acceptors (Lipinski definition) is 7. The highest BCUT2D eigenvalue weighted by molar-refractivity contribution is 5.52. The Bertz CT molecular complexity index is 359. The maximum atomic E-state index is 5.61. The van der Waals surface area contributed by atoms with Crippen LogP contribution in [0.15, 0.2) is 6.07 Å².